The number of hydrogen-bond acceptors (Lipinski definition) is 4. The predicted molar refractivity (Wildman–Crippen MR) is 228 cm³/mol. The number of aliphatic hydroxyl groups excluding tert-OH is 1. The van der Waals surface area contributed by atoms with Crippen LogP contribution in [0.4, 0.5) is 0 Å². The molecule has 0 aromatic heterocycles. The summed E-state index contributed by atoms with van der Waals surface area (Å²) in [5.41, 5.74) is 0. The van der Waals surface area contributed by atoms with Crippen LogP contribution in [0.1, 0.15) is 239 Å². The van der Waals surface area contributed by atoms with Crippen molar-refractivity contribution in [1.82, 2.24) is 0 Å². The summed E-state index contributed by atoms with van der Waals surface area (Å²) in [7, 11) is 0. The Morgan fingerprint density at radius 3 is 1.27 bits per heavy atom. The van der Waals surface area contributed by atoms with Crippen molar-refractivity contribution in [3.63, 3.8) is 0 Å². The van der Waals surface area contributed by atoms with E-state index in [2.05, 4.69) is 50.3 Å². The highest BCUT2D eigenvalue weighted by Gasteiger charge is 2.13. The molecule has 0 saturated heterocycles. The summed E-state index contributed by atoms with van der Waals surface area (Å²) in [6, 6.07) is 0. The van der Waals surface area contributed by atoms with E-state index in [-0.39, 0.29) is 12.6 Å². The second-order valence-electron chi connectivity index (χ2n) is 15.5. The number of aliphatic hydroxyl groups is 1. The number of esters is 1. The van der Waals surface area contributed by atoms with Crippen molar-refractivity contribution in [2.45, 2.75) is 245 Å². The molecule has 1 N–H and O–H groups in total. The lowest BCUT2D eigenvalue weighted by molar-refractivity contribution is -0.154. The average Bonchev–Trinajstić information content (AvgIpc) is 3.15. The molecule has 1 atom stereocenters. The van der Waals surface area contributed by atoms with E-state index in [1.807, 2.05) is 0 Å². The number of rotatable bonds is 43. The van der Waals surface area contributed by atoms with Gasteiger partial charge in [0.15, 0.2) is 0 Å². The fourth-order valence-electron chi connectivity index (χ4n) is 6.69. The molecule has 0 aromatic rings. The number of hydrogen-bond donors (Lipinski definition) is 1. The van der Waals surface area contributed by atoms with Crippen molar-refractivity contribution >= 4 is 5.97 Å². The molecule has 0 aliphatic heterocycles. The fraction of sp³-hybridized carbons (Fsp3) is 0.854. The second-order valence-corrected chi connectivity index (χ2v) is 15.5. The van der Waals surface area contributed by atoms with E-state index in [9.17, 15) is 9.90 Å². The van der Waals surface area contributed by atoms with Crippen molar-refractivity contribution in [1.29, 1.82) is 0 Å². The first-order valence-electron chi connectivity index (χ1n) is 23.1. The molecule has 52 heavy (non-hydrogen) atoms. The summed E-state index contributed by atoms with van der Waals surface area (Å²) in [5.74, 6) is -0.212. The molecular weight excluding hydrogens is 641 g/mol. The van der Waals surface area contributed by atoms with E-state index in [1.54, 1.807) is 0 Å². The molecule has 0 rings (SSSR count). The van der Waals surface area contributed by atoms with Crippen LogP contribution in [0.3, 0.4) is 0 Å². The minimum absolute atomic E-state index is 0.175. The van der Waals surface area contributed by atoms with Gasteiger partial charge in [0.25, 0.3) is 0 Å². The standard InChI is InChI=1S/C48H90O4/c1-3-5-7-9-11-13-15-17-19-20-21-22-23-24-25-26-27-28-29-30-32-34-36-38-40-42-44-51-46-47(45-49)52-48(50)43-41-39-37-35-33-31-18-16-14-12-10-8-6-4-2/h10,12,16,18,20-21,47,49H,3-9,11,13-15,17,19,22-46H2,1-2H3/b12-10-,18-16-,21-20-. The van der Waals surface area contributed by atoms with Gasteiger partial charge >= 0.3 is 5.97 Å². The van der Waals surface area contributed by atoms with E-state index in [0.717, 1.165) is 38.5 Å². The van der Waals surface area contributed by atoms with Gasteiger partial charge in [-0.1, -0.05) is 204 Å². The second kappa shape index (κ2) is 45.8. The molecule has 0 aromatic carbocycles. The summed E-state index contributed by atoms with van der Waals surface area (Å²) in [4.78, 5) is 12.2. The Balaban J connectivity index is 3.37. The Hall–Kier alpha value is -1.39. The monoisotopic (exact) mass is 731 g/mol. The molecule has 306 valence electrons. The van der Waals surface area contributed by atoms with Crippen molar-refractivity contribution in [2.24, 2.45) is 0 Å². The molecule has 0 saturated carbocycles. The van der Waals surface area contributed by atoms with Crippen LogP contribution in [0.2, 0.25) is 0 Å². The Morgan fingerprint density at radius 2 is 0.827 bits per heavy atom. The van der Waals surface area contributed by atoms with Gasteiger partial charge in [-0.15, -0.1) is 0 Å². The normalized spacial score (nSPS) is 12.6. The van der Waals surface area contributed by atoms with Gasteiger partial charge in [0.2, 0.25) is 0 Å². The zero-order valence-electron chi connectivity index (χ0n) is 35.1. The largest absolute Gasteiger partial charge is 0.457 e. The number of unbranched alkanes of at least 4 members (excludes halogenated alkanes) is 29. The fourth-order valence-corrected chi connectivity index (χ4v) is 6.69. The van der Waals surface area contributed by atoms with Crippen LogP contribution in [0.5, 0.6) is 0 Å². The Kier molecular flexibility index (Phi) is 44.5. The summed E-state index contributed by atoms with van der Waals surface area (Å²) >= 11 is 0. The van der Waals surface area contributed by atoms with Gasteiger partial charge in [0, 0.05) is 13.0 Å². The van der Waals surface area contributed by atoms with E-state index >= 15 is 0 Å². The van der Waals surface area contributed by atoms with Crippen molar-refractivity contribution in [3.8, 4) is 0 Å². The number of ether oxygens (including phenoxy) is 2. The molecule has 0 heterocycles. The molecule has 0 aliphatic carbocycles. The Labute approximate surface area is 325 Å². The topological polar surface area (TPSA) is 55.8 Å². The van der Waals surface area contributed by atoms with Gasteiger partial charge in [0.05, 0.1) is 13.2 Å². The van der Waals surface area contributed by atoms with Gasteiger partial charge in [0.1, 0.15) is 6.10 Å². The first-order valence-corrected chi connectivity index (χ1v) is 23.1. The minimum Gasteiger partial charge on any atom is -0.457 e. The summed E-state index contributed by atoms with van der Waals surface area (Å²) in [6.07, 6.45) is 58.0. The lowest BCUT2D eigenvalue weighted by Crippen LogP contribution is -2.27. The molecule has 4 nitrogen and oxygen atoms in total. The summed E-state index contributed by atoms with van der Waals surface area (Å²) in [6.45, 7) is 5.31. The number of carbonyl (C=O) groups is 1. The molecule has 4 heteroatoms. The minimum atomic E-state index is -0.540. The molecule has 0 fully saturated rings. The van der Waals surface area contributed by atoms with E-state index in [1.165, 1.54) is 180 Å². The van der Waals surface area contributed by atoms with Crippen LogP contribution < -0.4 is 0 Å². The van der Waals surface area contributed by atoms with Gasteiger partial charge < -0.3 is 14.6 Å². The molecule has 0 bridgehead atoms. The van der Waals surface area contributed by atoms with Crippen molar-refractivity contribution in [3.05, 3.63) is 36.5 Å². The summed E-state index contributed by atoms with van der Waals surface area (Å²) in [5, 5.41) is 9.60. The smallest absolute Gasteiger partial charge is 0.306 e. The van der Waals surface area contributed by atoms with Crippen LogP contribution in [0.25, 0.3) is 0 Å². The first-order chi connectivity index (χ1) is 25.7. The van der Waals surface area contributed by atoms with Crippen LogP contribution in [0, 0.1) is 0 Å². The third kappa shape index (κ3) is 43.0. The van der Waals surface area contributed by atoms with Crippen LogP contribution in [0.15, 0.2) is 36.5 Å². The van der Waals surface area contributed by atoms with Crippen LogP contribution in [-0.4, -0.2) is 37.0 Å². The predicted octanol–water partition coefficient (Wildman–Crippen LogP) is 15.3. The SMILES string of the molecule is CCCC/C=C\C/C=C\CCCCCCCC(=O)OC(CO)COCCCCCCCCCCCCCCCC/C=C\CCCCCCCCCC. The van der Waals surface area contributed by atoms with Gasteiger partial charge in [-0.05, 0) is 64.2 Å². The Morgan fingerprint density at radius 1 is 0.462 bits per heavy atom. The van der Waals surface area contributed by atoms with Crippen LogP contribution >= 0.6 is 0 Å². The number of carbonyl (C=O) groups excluding carboxylic acids is 1. The van der Waals surface area contributed by atoms with Crippen molar-refractivity contribution in [2.75, 3.05) is 19.8 Å². The quantitative estimate of drug-likeness (QED) is 0.0385. The maximum Gasteiger partial charge on any atom is 0.306 e. The maximum atomic E-state index is 12.2. The molecule has 0 amide bonds. The van der Waals surface area contributed by atoms with E-state index in [0.29, 0.717) is 19.6 Å². The lowest BCUT2D eigenvalue weighted by Gasteiger charge is -2.15. The third-order valence-electron chi connectivity index (χ3n) is 10.2. The zero-order chi connectivity index (χ0) is 37.7. The molecule has 0 radical (unpaired) electrons. The molecular formula is C48H90O4. The van der Waals surface area contributed by atoms with Crippen molar-refractivity contribution < 1.29 is 19.4 Å². The number of allylic oxidation sites excluding steroid dienone is 6. The Bertz CT molecular complexity index is 772. The first kappa shape index (κ1) is 50.6. The summed E-state index contributed by atoms with van der Waals surface area (Å²) < 4.78 is 11.2. The highest BCUT2D eigenvalue weighted by Crippen LogP contribution is 2.15. The van der Waals surface area contributed by atoms with E-state index in [4.69, 9.17) is 9.47 Å². The van der Waals surface area contributed by atoms with Gasteiger partial charge in [-0.25, -0.2) is 0 Å². The molecule has 0 aliphatic rings. The van der Waals surface area contributed by atoms with Gasteiger partial charge in [-0.2, -0.15) is 0 Å². The lowest BCUT2D eigenvalue weighted by atomic mass is 10.0. The van der Waals surface area contributed by atoms with Crippen LogP contribution in [-0.2, 0) is 14.3 Å². The van der Waals surface area contributed by atoms with Gasteiger partial charge in [-0.3, -0.25) is 4.79 Å². The van der Waals surface area contributed by atoms with E-state index < -0.39 is 6.10 Å². The molecule has 0 spiro atoms. The third-order valence-corrected chi connectivity index (χ3v) is 10.2. The highest BCUT2D eigenvalue weighted by molar-refractivity contribution is 5.69. The molecule has 1 unspecified atom stereocenters. The average molecular weight is 731 g/mol. The zero-order valence-corrected chi connectivity index (χ0v) is 35.1. The highest BCUT2D eigenvalue weighted by atomic mass is 16.6. The maximum absolute atomic E-state index is 12.2.